The van der Waals surface area contributed by atoms with E-state index in [9.17, 15) is 9.59 Å². The Balaban J connectivity index is 2.64. The third-order valence-electron chi connectivity index (χ3n) is 1.89. The summed E-state index contributed by atoms with van der Waals surface area (Å²) in [6.45, 7) is 3.51. The van der Waals surface area contributed by atoms with Gasteiger partial charge in [-0.1, -0.05) is 13.8 Å². The van der Waals surface area contributed by atoms with Crippen LogP contribution in [0.5, 0.6) is 0 Å². The number of carbonyl (C=O) groups is 2. The van der Waals surface area contributed by atoms with Gasteiger partial charge in [0.1, 0.15) is 6.61 Å². The number of nitrogens with zero attached hydrogens (tertiary/aromatic N) is 1. The van der Waals surface area contributed by atoms with Crippen LogP contribution in [-0.2, 0) is 16.1 Å². The second-order valence-corrected chi connectivity index (χ2v) is 3.65. The number of carboxylic acid groups (broad SMARTS) is 1. The van der Waals surface area contributed by atoms with E-state index in [1.165, 1.54) is 18.5 Å². The minimum atomic E-state index is -1.05. The summed E-state index contributed by atoms with van der Waals surface area (Å²) < 4.78 is 4.95. The Hall–Kier alpha value is -1.91. The fraction of sp³-hybridized carbons (Fsp3) is 0.364. The summed E-state index contributed by atoms with van der Waals surface area (Å²) in [4.78, 5) is 25.6. The van der Waals surface area contributed by atoms with Crippen LogP contribution in [0.25, 0.3) is 0 Å². The largest absolute Gasteiger partial charge is 0.478 e. The van der Waals surface area contributed by atoms with Gasteiger partial charge in [0.15, 0.2) is 0 Å². The Morgan fingerprint density at radius 1 is 1.44 bits per heavy atom. The summed E-state index contributed by atoms with van der Waals surface area (Å²) in [7, 11) is 0. The Labute approximate surface area is 93.1 Å². The number of aromatic nitrogens is 1. The molecule has 0 bridgehead atoms. The molecule has 0 spiro atoms. The topological polar surface area (TPSA) is 76.5 Å². The van der Waals surface area contributed by atoms with Gasteiger partial charge in [0.25, 0.3) is 0 Å². The van der Waals surface area contributed by atoms with E-state index in [0.29, 0.717) is 5.56 Å². The molecule has 0 aliphatic carbocycles. The van der Waals surface area contributed by atoms with Crippen molar-refractivity contribution in [3.63, 3.8) is 0 Å². The van der Waals surface area contributed by atoms with E-state index in [1.54, 1.807) is 13.8 Å². The molecule has 16 heavy (non-hydrogen) atoms. The summed E-state index contributed by atoms with van der Waals surface area (Å²) in [5, 5.41) is 8.73. The van der Waals surface area contributed by atoms with Crippen molar-refractivity contribution in [2.24, 2.45) is 5.92 Å². The molecule has 5 nitrogen and oxygen atoms in total. The van der Waals surface area contributed by atoms with Gasteiger partial charge in [-0.2, -0.15) is 0 Å². The number of pyridine rings is 1. The van der Waals surface area contributed by atoms with Crippen LogP contribution in [0, 0.1) is 5.92 Å². The molecule has 0 aliphatic rings. The summed E-state index contributed by atoms with van der Waals surface area (Å²) in [6, 6.07) is 1.43. The van der Waals surface area contributed by atoms with Gasteiger partial charge in [-0.3, -0.25) is 9.78 Å². The van der Waals surface area contributed by atoms with Gasteiger partial charge in [-0.05, 0) is 6.07 Å². The van der Waals surface area contributed by atoms with E-state index in [4.69, 9.17) is 9.84 Å². The highest BCUT2D eigenvalue weighted by Crippen LogP contribution is 2.06. The predicted octanol–water partition coefficient (Wildman–Crippen LogP) is 1.48. The molecule has 0 saturated carbocycles. The van der Waals surface area contributed by atoms with E-state index in [-0.39, 0.29) is 24.1 Å². The molecule has 0 unspecified atom stereocenters. The van der Waals surface area contributed by atoms with E-state index >= 15 is 0 Å². The molecule has 1 aromatic rings. The third kappa shape index (κ3) is 3.34. The first-order valence-electron chi connectivity index (χ1n) is 4.84. The zero-order valence-electron chi connectivity index (χ0n) is 9.14. The average Bonchev–Trinajstić information content (AvgIpc) is 2.26. The highest BCUT2D eigenvalue weighted by molar-refractivity contribution is 5.87. The van der Waals surface area contributed by atoms with Gasteiger partial charge in [-0.25, -0.2) is 4.79 Å². The molecule has 0 atom stereocenters. The van der Waals surface area contributed by atoms with Gasteiger partial charge >= 0.3 is 11.9 Å². The van der Waals surface area contributed by atoms with Gasteiger partial charge in [-0.15, -0.1) is 0 Å². The van der Waals surface area contributed by atoms with E-state index in [0.717, 1.165) is 0 Å². The van der Waals surface area contributed by atoms with Crippen LogP contribution in [0.3, 0.4) is 0 Å². The standard InChI is InChI=1S/C11H13NO4/c1-7(2)11(15)16-6-8-3-9(10(13)14)5-12-4-8/h3-5,7H,6H2,1-2H3,(H,13,14). The number of hydrogen-bond donors (Lipinski definition) is 1. The van der Waals surface area contributed by atoms with Gasteiger partial charge in [0.2, 0.25) is 0 Å². The lowest BCUT2D eigenvalue weighted by Gasteiger charge is -2.06. The lowest BCUT2D eigenvalue weighted by Crippen LogP contribution is -2.11. The Morgan fingerprint density at radius 3 is 2.69 bits per heavy atom. The number of esters is 1. The van der Waals surface area contributed by atoms with Crippen molar-refractivity contribution >= 4 is 11.9 Å². The molecule has 5 heteroatoms. The molecule has 0 aromatic carbocycles. The first-order valence-corrected chi connectivity index (χ1v) is 4.84. The number of hydrogen-bond acceptors (Lipinski definition) is 4. The minimum Gasteiger partial charge on any atom is -0.478 e. The van der Waals surface area contributed by atoms with Crippen molar-refractivity contribution in [2.45, 2.75) is 20.5 Å². The van der Waals surface area contributed by atoms with Crippen molar-refractivity contribution in [3.8, 4) is 0 Å². The lowest BCUT2D eigenvalue weighted by molar-refractivity contribution is -0.148. The number of carboxylic acids is 1. The quantitative estimate of drug-likeness (QED) is 0.782. The molecular weight excluding hydrogens is 210 g/mol. The van der Waals surface area contributed by atoms with Crippen LogP contribution in [0.4, 0.5) is 0 Å². The zero-order valence-corrected chi connectivity index (χ0v) is 9.14. The lowest BCUT2D eigenvalue weighted by atomic mass is 10.2. The van der Waals surface area contributed by atoms with E-state index in [2.05, 4.69) is 4.98 Å². The van der Waals surface area contributed by atoms with Crippen LogP contribution in [0.1, 0.15) is 29.8 Å². The fourth-order valence-corrected chi connectivity index (χ4v) is 1.00. The van der Waals surface area contributed by atoms with Crippen LogP contribution >= 0.6 is 0 Å². The summed E-state index contributed by atoms with van der Waals surface area (Å²) in [5.41, 5.74) is 0.645. The SMILES string of the molecule is CC(C)C(=O)OCc1cncc(C(=O)O)c1. The number of rotatable bonds is 4. The number of carbonyl (C=O) groups excluding carboxylic acids is 1. The highest BCUT2D eigenvalue weighted by Gasteiger charge is 2.09. The molecule has 1 rings (SSSR count). The molecular formula is C11H13NO4. The van der Waals surface area contributed by atoms with Gasteiger partial charge in [0.05, 0.1) is 11.5 Å². The first-order chi connectivity index (χ1) is 7.50. The maximum absolute atomic E-state index is 11.2. The van der Waals surface area contributed by atoms with E-state index in [1.807, 2.05) is 0 Å². The summed E-state index contributed by atoms with van der Waals surface area (Å²) in [5.74, 6) is -1.57. The Bertz CT molecular complexity index is 401. The molecule has 86 valence electrons. The normalized spacial score (nSPS) is 10.2. The van der Waals surface area contributed by atoms with Crippen molar-refractivity contribution < 1.29 is 19.4 Å². The fourth-order valence-electron chi connectivity index (χ4n) is 1.00. The monoisotopic (exact) mass is 223 g/mol. The maximum atomic E-state index is 11.2. The Kier molecular flexibility index (Phi) is 3.99. The number of aromatic carboxylic acids is 1. The van der Waals surface area contributed by atoms with Crippen molar-refractivity contribution in [1.82, 2.24) is 4.98 Å². The number of ether oxygens (including phenoxy) is 1. The average molecular weight is 223 g/mol. The maximum Gasteiger partial charge on any atom is 0.337 e. The second kappa shape index (κ2) is 5.25. The summed E-state index contributed by atoms with van der Waals surface area (Å²) >= 11 is 0. The molecule has 0 fully saturated rings. The van der Waals surface area contributed by atoms with Crippen molar-refractivity contribution in [3.05, 3.63) is 29.6 Å². The van der Waals surface area contributed by atoms with Crippen molar-refractivity contribution in [2.75, 3.05) is 0 Å². The first kappa shape index (κ1) is 12.2. The van der Waals surface area contributed by atoms with Crippen LogP contribution in [0.15, 0.2) is 18.5 Å². The molecule has 0 aliphatic heterocycles. The van der Waals surface area contributed by atoms with Crippen molar-refractivity contribution in [1.29, 1.82) is 0 Å². The predicted molar refractivity (Wildman–Crippen MR) is 55.8 cm³/mol. The smallest absolute Gasteiger partial charge is 0.337 e. The summed E-state index contributed by atoms with van der Waals surface area (Å²) in [6.07, 6.45) is 2.72. The molecule has 1 aromatic heterocycles. The Morgan fingerprint density at radius 2 is 2.12 bits per heavy atom. The molecule has 0 radical (unpaired) electrons. The van der Waals surface area contributed by atoms with E-state index < -0.39 is 5.97 Å². The van der Waals surface area contributed by atoms with Gasteiger partial charge in [0, 0.05) is 18.0 Å². The molecule has 1 heterocycles. The van der Waals surface area contributed by atoms with Gasteiger partial charge < -0.3 is 9.84 Å². The zero-order chi connectivity index (χ0) is 12.1. The molecule has 0 amide bonds. The third-order valence-corrected chi connectivity index (χ3v) is 1.89. The second-order valence-electron chi connectivity index (χ2n) is 3.65. The highest BCUT2D eigenvalue weighted by atomic mass is 16.5. The molecule has 0 saturated heterocycles. The van der Waals surface area contributed by atoms with Crippen LogP contribution < -0.4 is 0 Å². The van der Waals surface area contributed by atoms with Crippen LogP contribution in [-0.4, -0.2) is 22.0 Å². The molecule has 1 N–H and O–H groups in total. The minimum absolute atomic E-state index is 0.0468. The van der Waals surface area contributed by atoms with Crippen LogP contribution in [0.2, 0.25) is 0 Å².